The van der Waals surface area contributed by atoms with Crippen molar-refractivity contribution in [1.82, 2.24) is 9.47 Å². The van der Waals surface area contributed by atoms with Crippen LogP contribution in [0.3, 0.4) is 0 Å². The molecule has 0 bridgehead atoms. The van der Waals surface area contributed by atoms with Crippen molar-refractivity contribution in [3.8, 4) is 16.9 Å². The Labute approximate surface area is 157 Å². The molecule has 1 amide bonds. The SMILES string of the molecule is COc1ccc2c(=O)n(CC(N)=O)c(CN(C)C)c(-c3ccccc3)c2c1. The Hall–Kier alpha value is -3.12. The van der Waals surface area contributed by atoms with Crippen LogP contribution in [0.25, 0.3) is 21.9 Å². The van der Waals surface area contributed by atoms with Gasteiger partial charge >= 0.3 is 0 Å². The number of nitrogens with two attached hydrogens (primary N) is 1. The van der Waals surface area contributed by atoms with Crippen LogP contribution < -0.4 is 16.0 Å². The normalized spacial score (nSPS) is 11.1. The molecule has 1 aromatic heterocycles. The van der Waals surface area contributed by atoms with Crippen LogP contribution in [-0.4, -0.2) is 36.6 Å². The van der Waals surface area contributed by atoms with Crippen LogP contribution >= 0.6 is 0 Å². The molecule has 0 saturated carbocycles. The van der Waals surface area contributed by atoms with Crippen molar-refractivity contribution >= 4 is 16.7 Å². The average molecular weight is 365 g/mol. The fraction of sp³-hybridized carbons (Fsp3) is 0.238. The first-order chi connectivity index (χ1) is 12.9. The summed E-state index contributed by atoms with van der Waals surface area (Å²) in [4.78, 5) is 26.8. The van der Waals surface area contributed by atoms with Gasteiger partial charge in [0, 0.05) is 28.6 Å². The van der Waals surface area contributed by atoms with Gasteiger partial charge < -0.3 is 19.9 Å². The molecular weight excluding hydrogens is 342 g/mol. The third kappa shape index (κ3) is 3.71. The Morgan fingerprint density at radius 1 is 1.11 bits per heavy atom. The van der Waals surface area contributed by atoms with E-state index < -0.39 is 5.91 Å². The summed E-state index contributed by atoms with van der Waals surface area (Å²) in [5.41, 5.74) is 7.82. The Bertz CT molecular complexity index is 1040. The lowest BCUT2D eigenvalue weighted by molar-refractivity contribution is -0.118. The molecule has 0 atom stereocenters. The summed E-state index contributed by atoms with van der Waals surface area (Å²) < 4.78 is 6.86. The maximum absolute atomic E-state index is 13.1. The van der Waals surface area contributed by atoms with E-state index >= 15 is 0 Å². The second kappa shape index (κ2) is 7.63. The molecule has 140 valence electrons. The van der Waals surface area contributed by atoms with Gasteiger partial charge in [-0.3, -0.25) is 9.59 Å². The van der Waals surface area contributed by atoms with Crippen molar-refractivity contribution in [2.45, 2.75) is 13.1 Å². The topological polar surface area (TPSA) is 77.6 Å². The average Bonchev–Trinajstić information content (AvgIpc) is 2.64. The number of rotatable bonds is 6. The van der Waals surface area contributed by atoms with Gasteiger partial charge in [-0.25, -0.2) is 0 Å². The van der Waals surface area contributed by atoms with Crippen LogP contribution in [0.1, 0.15) is 5.69 Å². The Morgan fingerprint density at radius 2 is 1.81 bits per heavy atom. The third-order valence-corrected chi connectivity index (χ3v) is 4.43. The van der Waals surface area contributed by atoms with Gasteiger partial charge in [-0.2, -0.15) is 0 Å². The van der Waals surface area contributed by atoms with Gasteiger partial charge in [0.25, 0.3) is 5.56 Å². The fourth-order valence-corrected chi connectivity index (χ4v) is 3.32. The molecule has 6 heteroatoms. The van der Waals surface area contributed by atoms with Crippen molar-refractivity contribution in [3.05, 3.63) is 64.6 Å². The predicted molar refractivity (Wildman–Crippen MR) is 107 cm³/mol. The number of carbonyl (C=O) groups is 1. The van der Waals surface area contributed by atoms with Crippen molar-refractivity contribution in [2.24, 2.45) is 5.73 Å². The molecule has 0 aliphatic heterocycles. The predicted octanol–water partition coefficient (Wildman–Crippen LogP) is 2.22. The Kier molecular flexibility index (Phi) is 5.28. The smallest absolute Gasteiger partial charge is 0.259 e. The van der Waals surface area contributed by atoms with E-state index in [-0.39, 0.29) is 12.1 Å². The molecule has 1 heterocycles. The molecule has 0 fully saturated rings. The van der Waals surface area contributed by atoms with Gasteiger partial charge in [0.15, 0.2) is 0 Å². The van der Waals surface area contributed by atoms with E-state index in [0.717, 1.165) is 22.2 Å². The van der Waals surface area contributed by atoms with Crippen molar-refractivity contribution < 1.29 is 9.53 Å². The summed E-state index contributed by atoms with van der Waals surface area (Å²) in [5, 5.41) is 1.32. The molecule has 3 aromatic rings. The first kappa shape index (κ1) is 18.7. The van der Waals surface area contributed by atoms with E-state index in [0.29, 0.717) is 17.7 Å². The lowest BCUT2D eigenvalue weighted by Crippen LogP contribution is -2.32. The molecule has 3 rings (SSSR count). The first-order valence-corrected chi connectivity index (χ1v) is 8.64. The van der Waals surface area contributed by atoms with E-state index in [1.54, 1.807) is 19.2 Å². The van der Waals surface area contributed by atoms with Crippen molar-refractivity contribution in [2.75, 3.05) is 21.2 Å². The number of carbonyl (C=O) groups excluding carboxylic acids is 1. The quantitative estimate of drug-likeness (QED) is 0.727. The summed E-state index contributed by atoms with van der Waals surface area (Å²) in [5.74, 6) is 0.117. The molecular formula is C21H23N3O3. The Morgan fingerprint density at radius 3 is 2.41 bits per heavy atom. The number of amides is 1. The van der Waals surface area contributed by atoms with E-state index in [4.69, 9.17) is 10.5 Å². The van der Waals surface area contributed by atoms with Crippen LogP contribution in [0.4, 0.5) is 0 Å². The summed E-state index contributed by atoms with van der Waals surface area (Å²) in [7, 11) is 5.44. The van der Waals surface area contributed by atoms with Gasteiger partial charge in [0.1, 0.15) is 12.3 Å². The zero-order chi connectivity index (χ0) is 19.6. The van der Waals surface area contributed by atoms with Crippen molar-refractivity contribution in [1.29, 1.82) is 0 Å². The summed E-state index contributed by atoms with van der Waals surface area (Å²) in [6.45, 7) is 0.323. The fourth-order valence-electron chi connectivity index (χ4n) is 3.32. The van der Waals surface area contributed by atoms with E-state index in [1.165, 1.54) is 4.57 Å². The molecule has 0 aliphatic rings. The summed E-state index contributed by atoms with van der Waals surface area (Å²) >= 11 is 0. The largest absolute Gasteiger partial charge is 0.497 e. The van der Waals surface area contributed by atoms with Crippen LogP contribution in [0, 0.1) is 0 Å². The third-order valence-electron chi connectivity index (χ3n) is 4.43. The second-order valence-electron chi connectivity index (χ2n) is 6.69. The number of methoxy groups -OCH3 is 1. The minimum Gasteiger partial charge on any atom is -0.497 e. The van der Waals surface area contributed by atoms with Crippen LogP contribution in [0.5, 0.6) is 5.75 Å². The zero-order valence-corrected chi connectivity index (χ0v) is 15.7. The summed E-state index contributed by atoms with van der Waals surface area (Å²) in [6, 6.07) is 15.2. The summed E-state index contributed by atoms with van der Waals surface area (Å²) in [6.07, 6.45) is 0. The number of nitrogens with zero attached hydrogens (tertiary/aromatic N) is 2. The monoisotopic (exact) mass is 365 g/mol. The van der Waals surface area contributed by atoms with E-state index in [9.17, 15) is 9.59 Å². The second-order valence-corrected chi connectivity index (χ2v) is 6.69. The lowest BCUT2D eigenvalue weighted by Gasteiger charge is -2.22. The minimum atomic E-state index is -0.552. The number of fused-ring (bicyclic) bond motifs is 1. The van der Waals surface area contributed by atoms with Gasteiger partial charge in [-0.15, -0.1) is 0 Å². The van der Waals surface area contributed by atoms with E-state index in [2.05, 4.69) is 0 Å². The molecule has 2 aromatic carbocycles. The first-order valence-electron chi connectivity index (χ1n) is 8.64. The highest BCUT2D eigenvalue weighted by Crippen LogP contribution is 2.33. The number of hydrogen-bond donors (Lipinski definition) is 1. The molecule has 27 heavy (non-hydrogen) atoms. The molecule has 6 nitrogen and oxygen atoms in total. The molecule has 2 N–H and O–H groups in total. The molecule has 0 aliphatic carbocycles. The van der Waals surface area contributed by atoms with Gasteiger partial charge in [0.05, 0.1) is 7.11 Å². The maximum Gasteiger partial charge on any atom is 0.259 e. The van der Waals surface area contributed by atoms with Crippen LogP contribution in [0.2, 0.25) is 0 Å². The highest BCUT2D eigenvalue weighted by Gasteiger charge is 2.20. The van der Waals surface area contributed by atoms with Crippen molar-refractivity contribution in [3.63, 3.8) is 0 Å². The standard InChI is InChI=1S/C21H23N3O3/c1-23(2)12-18-20(14-7-5-4-6-8-14)17-11-15(27-3)9-10-16(17)21(26)24(18)13-19(22)25/h4-11H,12-13H2,1-3H3,(H2,22,25). The van der Waals surface area contributed by atoms with E-state index in [1.807, 2.05) is 55.4 Å². The molecule has 0 unspecified atom stereocenters. The zero-order valence-electron chi connectivity index (χ0n) is 15.7. The molecule has 0 radical (unpaired) electrons. The molecule has 0 spiro atoms. The number of pyridine rings is 1. The van der Waals surface area contributed by atoms with Gasteiger partial charge in [-0.05, 0) is 37.9 Å². The number of aromatic nitrogens is 1. The number of ether oxygens (including phenoxy) is 1. The number of benzene rings is 2. The maximum atomic E-state index is 13.1. The molecule has 0 saturated heterocycles. The van der Waals surface area contributed by atoms with Crippen LogP contribution in [-0.2, 0) is 17.9 Å². The Balaban J connectivity index is 2.49. The van der Waals surface area contributed by atoms with Gasteiger partial charge in [-0.1, -0.05) is 30.3 Å². The van der Waals surface area contributed by atoms with Crippen LogP contribution in [0.15, 0.2) is 53.3 Å². The minimum absolute atomic E-state index is 0.163. The highest BCUT2D eigenvalue weighted by molar-refractivity contribution is 5.98. The van der Waals surface area contributed by atoms with Gasteiger partial charge in [0.2, 0.25) is 5.91 Å². The number of hydrogen-bond acceptors (Lipinski definition) is 4. The lowest BCUT2D eigenvalue weighted by atomic mass is 9.96. The highest BCUT2D eigenvalue weighted by atomic mass is 16.5. The number of primary amides is 1.